The normalized spacial score (nSPS) is 18.8. The molecule has 2 heteroatoms. The maximum absolute atomic E-state index is 6.40. The smallest absolute Gasteiger partial charge is 0.0283 e. The lowest BCUT2D eigenvalue weighted by Gasteiger charge is -2.29. The largest absolute Gasteiger partial charge is 0.324 e. The fourth-order valence-electron chi connectivity index (χ4n) is 2.84. The van der Waals surface area contributed by atoms with Gasteiger partial charge in [0.25, 0.3) is 0 Å². The van der Waals surface area contributed by atoms with Crippen LogP contribution < -0.4 is 5.73 Å². The molecule has 2 N–H and O–H groups in total. The summed E-state index contributed by atoms with van der Waals surface area (Å²) in [5, 5.41) is 0. The van der Waals surface area contributed by atoms with Crippen molar-refractivity contribution in [3.05, 3.63) is 35.4 Å². The van der Waals surface area contributed by atoms with E-state index in [1.54, 1.807) is 0 Å². The van der Waals surface area contributed by atoms with Crippen LogP contribution in [-0.4, -0.2) is 24.0 Å². The Balaban J connectivity index is 1.88. The van der Waals surface area contributed by atoms with Crippen molar-refractivity contribution in [2.24, 2.45) is 5.73 Å². The van der Waals surface area contributed by atoms with Gasteiger partial charge in [-0.3, -0.25) is 0 Å². The zero-order chi connectivity index (χ0) is 12.3. The van der Waals surface area contributed by atoms with Gasteiger partial charge in [0.15, 0.2) is 0 Å². The third kappa shape index (κ3) is 3.55. The Hall–Kier alpha value is -0.860. The molecule has 0 aliphatic heterocycles. The molecule has 1 aromatic rings. The van der Waals surface area contributed by atoms with Crippen LogP contribution in [0.15, 0.2) is 24.3 Å². The van der Waals surface area contributed by atoms with Crippen molar-refractivity contribution < 1.29 is 0 Å². The van der Waals surface area contributed by atoms with Gasteiger partial charge < -0.3 is 10.6 Å². The van der Waals surface area contributed by atoms with Gasteiger partial charge in [-0.1, -0.05) is 42.7 Å². The standard InChI is InChI=1S/C15H24N2/c1-13-5-7-14(8-6-13)11-17(2)12-15(16)9-3-4-10-15/h5-8H,3-4,9-12,16H2,1-2H3. The molecule has 1 saturated carbocycles. The third-order valence-corrected chi connectivity index (χ3v) is 3.76. The van der Waals surface area contributed by atoms with Gasteiger partial charge in [-0.05, 0) is 32.4 Å². The van der Waals surface area contributed by atoms with Crippen LogP contribution in [0.5, 0.6) is 0 Å². The summed E-state index contributed by atoms with van der Waals surface area (Å²) in [7, 11) is 2.17. The summed E-state index contributed by atoms with van der Waals surface area (Å²) in [5.41, 5.74) is 9.16. The summed E-state index contributed by atoms with van der Waals surface area (Å²) in [4.78, 5) is 2.36. The van der Waals surface area contributed by atoms with E-state index in [1.807, 2.05) is 0 Å². The molecule has 0 unspecified atom stereocenters. The molecule has 0 spiro atoms. The second-order valence-corrected chi connectivity index (χ2v) is 5.73. The lowest BCUT2D eigenvalue weighted by Crippen LogP contribution is -2.46. The summed E-state index contributed by atoms with van der Waals surface area (Å²) in [5.74, 6) is 0. The Morgan fingerprint density at radius 2 is 1.76 bits per heavy atom. The maximum atomic E-state index is 6.40. The molecule has 2 rings (SSSR count). The van der Waals surface area contributed by atoms with Crippen molar-refractivity contribution in [2.75, 3.05) is 13.6 Å². The van der Waals surface area contributed by atoms with Gasteiger partial charge in [0.1, 0.15) is 0 Å². The molecule has 0 aromatic heterocycles. The highest BCUT2D eigenvalue weighted by molar-refractivity contribution is 5.21. The summed E-state index contributed by atoms with van der Waals surface area (Å²) in [6.07, 6.45) is 4.97. The van der Waals surface area contributed by atoms with Gasteiger partial charge in [-0.2, -0.15) is 0 Å². The lowest BCUT2D eigenvalue weighted by atomic mass is 9.98. The highest BCUT2D eigenvalue weighted by Gasteiger charge is 2.30. The summed E-state index contributed by atoms with van der Waals surface area (Å²) in [6.45, 7) is 4.14. The summed E-state index contributed by atoms with van der Waals surface area (Å²) < 4.78 is 0. The minimum atomic E-state index is 0.0689. The highest BCUT2D eigenvalue weighted by Crippen LogP contribution is 2.27. The maximum Gasteiger partial charge on any atom is 0.0283 e. The summed E-state index contributed by atoms with van der Waals surface area (Å²) >= 11 is 0. The van der Waals surface area contributed by atoms with Crippen molar-refractivity contribution >= 4 is 0 Å². The van der Waals surface area contributed by atoms with Crippen LogP contribution in [0, 0.1) is 6.92 Å². The quantitative estimate of drug-likeness (QED) is 0.865. The van der Waals surface area contributed by atoms with Crippen LogP contribution >= 0.6 is 0 Å². The lowest BCUT2D eigenvalue weighted by molar-refractivity contribution is 0.241. The monoisotopic (exact) mass is 232 g/mol. The van der Waals surface area contributed by atoms with Gasteiger partial charge in [-0.15, -0.1) is 0 Å². The van der Waals surface area contributed by atoms with E-state index in [2.05, 4.69) is 43.1 Å². The zero-order valence-corrected chi connectivity index (χ0v) is 11.1. The molecule has 0 heterocycles. The van der Waals surface area contributed by atoms with Crippen molar-refractivity contribution in [3.8, 4) is 0 Å². The minimum Gasteiger partial charge on any atom is -0.324 e. The van der Waals surface area contributed by atoms with E-state index in [4.69, 9.17) is 5.73 Å². The molecule has 94 valence electrons. The molecule has 1 fully saturated rings. The highest BCUT2D eigenvalue weighted by atomic mass is 15.1. The number of nitrogens with zero attached hydrogens (tertiary/aromatic N) is 1. The molecule has 0 bridgehead atoms. The predicted molar refractivity (Wildman–Crippen MR) is 72.9 cm³/mol. The molecule has 0 atom stereocenters. The second-order valence-electron chi connectivity index (χ2n) is 5.73. The number of aryl methyl sites for hydroxylation is 1. The predicted octanol–water partition coefficient (Wildman–Crippen LogP) is 2.70. The molecule has 0 radical (unpaired) electrons. The molecular weight excluding hydrogens is 208 g/mol. The van der Waals surface area contributed by atoms with Crippen LogP contribution in [0.25, 0.3) is 0 Å². The number of benzene rings is 1. The Labute approximate surface area is 105 Å². The van der Waals surface area contributed by atoms with Crippen molar-refractivity contribution in [1.82, 2.24) is 4.90 Å². The number of hydrogen-bond acceptors (Lipinski definition) is 2. The molecule has 1 aliphatic rings. The number of rotatable bonds is 4. The van der Waals surface area contributed by atoms with Gasteiger partial charge in [0.05, 0.1) is 0 Å². The molecule has 0 amide bonds. The van der Waals surface area contributed by atoms with Gasteiger partial charge in [-0.25, -0.2) is 0 Å². The fraction of sp³-hybridized carbons (Fsp3) is 0.600. The molecular formula is C15H24N2. The fourth-order valence-corrected chi connectivity index (χ4v) is 2.84. The van der Waals surface area contributed by atoms with Crippen LogP contribution in [0.3, 0.4) is 0 Å². The Bertz CT molecular complexity index is 350. The Kier molecular flexibility index (Phi) is 3.85. The van der Waals surface area contributed by atoms with Crippen LogP contribution in [-0.2, 0) is 6.54 Å². The number of likely N-dealkylation sites (N-methyl/N-ethyl adjacent to an activating group) is 1. The third-order valence-electron chi connectivity index (χ3n) is 3.76. The van der Waals surface area contributed by atoms with E-state index >= 15 is 0 Å². The van der Waals surface area contributed by atoms with E-state index < -0.39 is 0 Å². The average Bonchev–Trinajstić information content (AvgIpc) is 2.68. The summed E-state index contributed by atoms with van der Waals surface area (Å²) in [6, 6.07) is 8.78. The first-order valence-electron chi connectivity index (χ1n) is 6.60. The van der Waals surface area contributed by atoms with Crippen molar-refractivity contribution in [3.63, 3.8) is 0 Å². The van der Waals surface area contributed by atoms with Gasteiger partial charge >= 0.3 is 0 Å². The molecule has 1 aliphatic carbocycles. The SMILES string of the molecule is Cc1ccc(CN(C)CC2(N)CCCC2)cc1. The molecule has 1 aromatic carbocycles. The van der Waals surface area contributed by atoms with Crippen LogP contribution in [0.1, 0.15) is 36.8 Å². The van der Waals surface area contributed by atoms with E-state index in [1.165, 1.54) is 36.8 Å². The topological polar surface area (TPSA) is 29.3 Å². The van der Waals surface area contributed by atoms with E-state index in [0.717, 1.165) is 13.1 Å². The van der Waals surface area contributed by atoms with Crippen molar-refractivity contribution in [2.45, 2.75) is 44.7 Å². The zero-order valence-electron chi connectivity index (χ0n) is 11.1. The molecule has 0 saturated heterocycles. The molecule has 2 nitrogen and oxygen atoms in total. The van der Waals surface area contributed by atoms with Crippen molar-refractivity contribution in [1.29, 1.82) is 0 Å². The van der Waals surface area contributed by atoms with E-state index in [9.17, 15) is 0 Å². The average molecular weight is 232 g/mol. The number of nitrogens with two attached hydrogens (primary N) is 1. The second kappa shape index (κ2) is 5.19. The van der Waals surface area contributed by atoms with Crippen LogP contribution in [0.4, 0.5) is 0 Å². The van der Waals surface area contributed by atoms with E-state index in [0.29, 0.717) is 0 Å². The first kappa shape index (κ1) is 12.6. The van der Waals surface area contributed by atoms with Gasteiger partial charge in [0.2, 0.25) is 0 Å². The Morgan fingerprint density at radius 3 is 2.35 bits per heavy atom. The first-order valence-corrected chi connectivity index (χ1v) is 6.60. The molecule has 17 heavy (non-hydrogen) atoms. The van der Waals surface area contributed by atoms with Crippen LogP contribution in [0.2, 0.25) is 0 Å². The van der Waals surface area contributed by atoms with Gasteiger partial charge in [0, 0.05) is 18.6 Å². The first-order chi connectivity index (χ1) is 8.07. The minimum absolute atomic E-state index is 0.0689. The van der Waals surface area contributed by atoms with E-state index in [-0.39, 0.29) is 5.54 Å². The Morgan fingerprint density at radius 1 is 1.18 bits per heavy atom. The number of hydrogen-bond donors (Lipinski definition) is 1.